The molecule has 23 heavy (non-hydrogen) atoms. The average molecular weight is 315 g/mol. The highest BCUT2D eigenvalue weighted by Gasteiger charge is 2.04. The fraction of sp³-hybridized carbons (Fsp3) is 0.294. The lowest BCUT2D eigenvalue weighted by atomic mass is 10.2. The molecule has 2 rings (SSSR count). The molecule has 1 aromatic carbocycles. The third kappa shape index (κ3) is 4.95. The third-order valence-corrected chi connectivity index (χ3v) is 3.31. The fourth-order valence-corrected chi connectivity index (χ4v) is 2.03. The Morgan fingerprint density at radius 1 is 1.09 bits per heavy atom. The van der Waals surface area contributed by atoms with Gasteiger partial charge in [0, 0.05) is 33.3 Å². The zero-order valence-electron chi connectivity index (χ0n) is 13.7. The van der Waals surface area contributed by atoms with E-state index in [0.717, 1.165) is 11.5 Å². The van der Waals surface area contributed by atoms with Gasteiger partial charge < -0.3 is 15.5 Å². The maximum Gasteiger partial charge on any atom is 0.191 e. The van der Waals surface area contributed by atoms with Crippen LogP contribution in [0.4, 0.5) is 10.2 Å². The van der Waals surface area contributed by atoms with Crippen LogP contribution in [-0.2, 0) is 13.1 Å². The van der Waals surface area contributed by atoms with Crippen molar-refractivity contribution in [1.29, 1.82) is 0 Å². The van der Waals surface area contributed by atoms with Crippen molar-refractivity contribution in [1.82, 2.24) is 15.6 Å². The van der Waals surface area contributed by atoms with E-state index in [0.29, 0.717) is 24.6 Å². The van der Waals surface area contributed by atoms with Crippen molar-refractivity contribution in [2.45, 2.75) is 13.1 Å². The minimum Gasteiger partial charge on any atom is -0.363 e. The van der Waals surface area contributed by atoms with Crippen molar-refractivity contribution < 1.29 is 4.39 Å². The Labute approximate surface area is 136 Å². The van der Waals surface area contributed by atoms with E-state index in [2.05, 4.69) is 20.6 Å². The Bertz CT molecular complexity index is 670. The first-order chi connectivity index (χ1) is 11.1. The zero-order valence-corrected chi connectivity index (χ0v) is 13.7. The lowest BCUT2D eigenvalue weighted by molar-refractivity contribution is 0.604. The van der Waals surface area contributed by atoms with E-state index in [4.69, 9.17) is 0 Å². The first-order valence-electron chi connectivity index (χ1n) is 7.41. The van der Waals surface area contributed by atoms with Gasteiger partial charge in [-0.05, 0) is 18.2 Å². The lowest BCUT2D eigenvalue weighted by Gasteiger charge is -2.14. The predicted octanol–water partition coefficient (Wildman–Crippen LogP) is 2.15. The van der Waals surface area contributed by atoms with Crippen molar-refractivity contribution in [3.8, 4) is 0 Å². The highest BCUT2D eigenvalue weighted by Crippen LogP contribution is 2.08. The zero-order chi connectivity index (χ0) is 16.7. The molecule has 122 valence electrons. The van der Waals surface area contributed by atoms with Gasteiger partial charge in [-0.2, -0.15) is 0 Å². The Morgan fingerprint density at radius 3 is 2.52 bits per heavy atom. The standard InChI is InChI=1S/C17H22FN5/c1-19-17(20-11-13-7-4-5-9-15(13)18)21-12-14-8-6-10-16(22-14)23(2)3/h4-10H,11-12H2,1-3H3,(H2,19,20,21). The number of guanidine groups is 1. The van der Waals surface area contributed by atoms with Gasteiger partial charge in [-0.3, -0.25) is 4.99 Å². The van der Waals surface area contributed by atoms with Crippen LogP contribution in [0.5, 0.6) is 0 Å². The smallest absolute Gasteiger partial charge is 0.191 e. The molecule has 0 atom stereocenters. The van der Waals surface area contributed by atoms with Crippen LogP contribution in [0.1, 0.15) is 11.3 Å². The van der Waals surface area contributed by atoms with Crippen LogP contribution >= 0.6 is 0 Å². The molecule has 0 saturated carbocycles. The first kappa shape index (κ1) is 16.7. The summed E-state index contributed by atoms with van der Waals surface area (Å²) in [5.74, 6) is 1.28. The fourth-order valence-electron chi connectivity index (χ4n) is 2.03. The van der Waals surface area contributed by atoms with Crippen molar-refractivity contribution in [3.63, 3.8) is 0 Å². The molecule has 0 fully saturated rings. The number of nitrogens with one attached hydrogen (secondary N) is 2. The number of anilines is 1. The summed E-state index contributed by atoms with van der Waals surface area (Å²) in [6, 6.07) is 12.6. The van der Waals surface area contributed by atoms with Crippen LogP contribution < -0.4 is 15.5 Å². The van der Waals surface area contributed by atoms with Crippen LogP contribution in [0, 0.1) is 5.82 Å². The molecule has 0 aliphatic rings. The average Bonchev–Trinajstić information content (AvgIpc) is 2.56. The minimum atomic E-state index is -0.226. The van der Waals surface area contributed by atoms with Crippen LogP contribution in [-0.4, -0.2) is 32.1 Å². The molecule has 1 aromatic heterocycles. The first-order valence-corrected chi connectivity index (χ1v) is 7.41. The number of pyridine rings is 1. The Morgan fingerprint density at radius 2 is 1.83 bits per heavy atom. The number of hydrogen-bond donors (Lipinski definition) is 2. The van der Waals surface area contributed by atoms with Gasteiger partial charge in [0.2, 0.25) is 0 Å². The molecule has 0 bridgehead atoms. The second kappa shape index (κ2) is 8.12. The van der Waals surface area contributed by atoms with Gasteiger partial charge in [-0.1, -0.05) is 24.3 Å². The maximum absolute atomic E-state index is 13.6. The second-order valence-electron chi connectivity index (χ2n) is 5.25. The molecule has 2 aromatic rings. The van der Waals surface area contributed by atoms with E-state index in [-0.39, 0.29) is 5.82 Å². The lowest BCUT2D eigenvalue weighted by Crippen LogP contribution is -2.36. The van der Waals surface area contributed by atoms with Crippen molar-refractivity contribution >= 4 is 11.8 Å². The molecular formula is C17H22FN5. The van der Waals surface area contributed by atoms with Crippen LogP contribution in [0.3, 0.4) is 0 Å². The van der Waals surface area contributed by atoms with Gasteiger partial charge in [0.15, 0.2) is 5.96 Å². The summed E-state index contributed by atoms with van der Waals surface area (Å²) in [6.45, 7) is 0.913. The summed E-state index contributed by atoms with van der Waals surface area (Å²) in [5.41, 5.74) is 1.51. The summed E-state index contributed by atoms with van der Waals surface area (Å²) in [4.78, 5) is 10.6. The molecule has 0 amide bonds. The molecule has 0 spiro atoms. The highest BCUT2D eigenvalue weighted by molar-refractivity contribution is 5.79. The van der Waals surface area contributed by atoms with E-state index in [1.165, 1.54) is 6.07 Å². The Kier molecular flexibility index (Phi) is 5.91. The van der Waals surface area contributed by atoms with Gasteiger partial charge >= 0.3 is 0 Å². The summed E-state index contributed by atoms with van der Waals surface area (Å²) < 4.78 is 13.6. The largest absolute Gasteiger partial charge is 0.363 e. The van der Waals surface area contributed by atoms with Gasteiger partial charge in [0.1, 0.15) is 11.6 Å². The van der Waals surface area contributed by atoms with E-state index >= 15 is 0 Å². The topological polar surface area (TPSA) is 52.6 Å². The summed E-state index contributed by atoms with van der Waals surface area (Å²) in [6.07, 6.45) is 0. The SMILES string of the molecule is CN=C(NCc1cccc(N(C)C)n1)NCc1ccccc1F. The number of halogens is 1. The van der Waals surface area contributed by atoms with Crippen LogP contribution in [0.15, 0.2) is 47.5 Å². The maximum atomic E-state index is 13.6. The van der Waals surface area contributed by atoms with Crippen molar-refractivity contribution in [2.75, 3.05) is 26.0 Å². The number of rotatable bonds is 5. The molecule has 6 heteroatoms. The number of aromatic nitrogens is 1. The predicted molar refractivity (Wildman–Crippen MR) is 92.0 cm³/mol. The molecular weight excluding hydrogens is 293 g/mol. The molecule has 0 aliphatic heterocycles. The summed E-state index contributed by atoms with van der Waals surface area (Å²) in [5, 5.41) is 6.27. The van der Waals surface area contributed by atoms with Gasteiger partial charge in [-0.25, -0.2) is 9.37 Å². The summed E-state index contributed by atoms with van der Waals surface area (Å²) >= 11 is 0. The molecule has 0 radical (unpaired) electrons. The molecule has 0 unspecified atom stereocenters. The van der Waals surface area contributed by atoms with E-state index in [1.54, 1.807) is 19.2 Å². The molecule has 0 saturated heterocycles. The van der Waals surface area contributed by atoms with Crippen LogP contribution in [0.25, 0.3) is 0 Å². The molecule has 1 heterocycles. The van der Waals surface area contributed by atoms with Crippen LogP contribution in [0.2, 0.25) is 0 Å². The third-order valence-electron chi connectivity index (χ3n) is 3.31. The van der Waals surface area contributed by atoms with Crippen molar-refractivity contribution in [3.05, 3.63) is 59.5 Å². The number of aliphatic imine (C=N–C) groups is 1. The second-order valence-corrected chi connectivity index (χ2v) is 5.25. The quantitative estimate of drug-likeness (QED) is 0.656. The van der Waals surface area contributed by atoms with Crippen molar-refractivity contribution in [2.24, 2.45) is 4.99 Å². The number of nitrogens with zero attached hydrogens (tertiary/aromatic N) is 3. The number of hydrogen-bond acceptors (Lipinski definition) is 3. The van der Waals surface area contributed by atoms with Gasteiger partial charge in [0.05, 0.1) is 12.2 Å². The Hall–Kier alpha value is -2.63. The summed E-state index contributed by atoms with van der Waals surface area (Å²) in [7, 11) is 5.59. The van der Waals surface area contributed by atoms with E-state index in [9.17, 15) is 4.39 Å². The van der Waals surface area contributed by atoms with Gasteiger partial charge in [0.25, 0.3) is 0 Å². The highest BCUT2D eigenvalue weighted by atomic mass is 19.1. The Balaban J connectivity index is 1.91. The minimum absolute atomic E-state index is 0.226. The van der Waals surface area contributed by atoms with E-state index in [1.807, 2.05) is 43.3 Å². The molecule has 5 nitrogen and oxygen atoms in total. The molecule has 0 aliphatic carbocycles. The normalized spacial score (nSPS) is 11.2. The van der Waals surface area contributed by atoms with Gasteiger partial charge in [-0.15, -0.1) is 0 Å². The monoisotopic (exact) mass is 315 g/mol. The van der Waals surface area contributed by atoms with E-state index < -0.39 is 0 Å². The molecule has 2 N–H and O–H groups in total. The number of benzene rings is 1.